The van der Waals surface area contributed by atoms with E-state index < -0.39 is 10.4 Å². The molecule has 0 saturated heterocycles. The van der Waals surface area contributed by atoms with E-state index in [1.807, 2.05) is 6.07 Å². The summed E-state index contributed by atoms with van der Waals surface area (Å²) < 4.78 is 33.9. The largest absolute Gasteiger partial charge is 0.446 e. The summed E-state index contributed by atoms with van der Waals surface area (Å²) in [5.74, 6) is 0.179. The zero-order valence-electron chi connectivity index (χ0n) is 8.14. The van der Waals surface area contributed by atoms with Crippen molar-refractivity contribution in [3.05, 3.63) is 29.3 Å². The molecule has 1 aromatic carbocycles. The summed E-state index contributed by atoms with van der Waals surface area (Å²) in [6, 6.07) is 5.11. The molecule has 1 N–H and O–H groups in total. The molecular formula is C10H12O4S. The first kappa shape index (κ1) is 10.4. The Labute approximate surface area is 88.8 Å². The minimum absolute atomic E-state index is 0.179. The van der Waals surface area contributed by atoms with Gasteiger partial charge in [0.25, 0.3) is 0 Å². The van der Waals surface area contributed by atoms with E-state index in [0.717, 1.165) is 24.8 Å². The van der Waals surface area contributed by atoms with Crippen LogP contribution >= 0.6 is 0 Å². The lowest BCUT2D eigenvalue weighted by molar-refractivity contribution is 0.386. The van der Waals surface area contributed by atoms with Crippen molar-refractivity contribution in [2.24, 2.45) is 0 Å². The van der Waals surface area contributed by atoms with Gasteiger partial charge in [-0.1, -0.05) is 6.07 Å². The zero-order valence-corrected chi connectivity index (χ0v) is 8.96. The Morgan fingerprint density at radius 1 is 1.13 bits per heavy atom. The van der Waals surface area contributed by atoms with Crippen LogP contribution in [0.2, 0.25) is 0 Å². The topological polar surface area (TPSA) is 63.6 Å². The van der Waals surface area contributed by atoms with Crippen molar-refractivity contribution in [2.45, 2.75) is 25.7 Å². The molecule has 0 radical (unpaired) electrons. The second kappa shape index (κ2) is 3.83. The fourth-order valence-corrected chi connectivity index (χ4v) is 2.23. The lowest BCUT2D eigenvalue weighted by atomic mass is 9.92. The zero-order chi connectivity index (χ0) is 10.9. The highest BCUT2D eigenvalue weighted by molar-refractivity contribution is 7.81. The molecule has 0 saturated carbocycles. The number of aryl methyl sites for hydroxylation is 2. The van der Waals surface area contributed by atoms with Gasteiger partial charge in [-0.05, 0) is 48.9 Å². The Bertz CT molecular complexity index is 464. The van der Waals surface area contributed by atoms with Crippen LogP contribution in [0.1, 0.15) is 24.0 Å². The molecule has 0 fully saturated rings. The Balaban J connectivity index is 2.28. The van der Waals surface area contributed by atoms with Crippen molar-refractivity contribution in [1.82, 2.24) is 0 Å². The fraction of sp³-hybridized carbons (Fsp3) is 0.400. The smallest absolute Gasteiger partial charge is 0.362 e. The van der Waals surface area contributed by atoms with Crippen molar-refractivity contribution in [3.8, 4) is 5.75 Å². The van der Waals surface area contributed by atoms with Crippen LogP contribution in [-0.4, -0.2) is 13.0 Å². The second-order valence-corrected chi connectivity index (χ2v) is 4.67. The minimum atomic E-state index is -4.40. The van der Waals surface area contributed by atoms with E-state index in [1.165, 1.54) is 12.0 Å². The summed E-state index contributed by atoms with van der Waals surface area (Å²) in [5, 5.41) is 0. The molecule has 0 aromatic heterocycles. The van der Waals surface area contributed by atoms with Crippen LogP contribution in [0, 0.1) is 0 Å². The van der Waals surface area contributed by atoms with Gasteiger partial charge in [0.2, 0.25) is 0 Å². The lowest BCUT2D eigenvalue weighted by Crippen LogP contribution is -2.08. The van der Waals surface area contributed by atoms with Crippen LogP contribution in [0.25, 0.3) is 0 Å². The predicted molar refractivity (Wildman–Crippen MR) is 55.3 cm³/mol. The van der Waals surface area contributed by atoms with Crippen molar-refractivity contribution in [3.63, 3.8) is 0 Å². The van der Waals surface area contributed by atoms with Gasteiger partial charge in [0.15, 0.2) is 0 Å². The van der Waals surface area contributed by atoms with E-state index in [1.54, 1.807) is 12.1 Å². The molecule has 1 aliphatic carbocycles. The summed E-state index contributed by atoms with van der Waals surface area (Å²) in [7, 11) is -4.40. The summed E-state index contributed by atoms with van der Waals surface area (Å²) in [6.45, 7) is 0. The van der Waals surface area contributed by atoms with Crippen LogP contribution in [0.5, 0.6) is 5.75 Å². The van der Waals surface area contributed by atoms with Crippen LogP contribution in [0.4, 0.5) is 0 Å². The van der Waals surface area contributed by atoms with E-state index in [0.29, 0.717) is 0 Å². The third-order valence-electron chi connectivity index (χ3n) is 2.52. The maximum Gasteiger partial charge on any atom is 0.446 e. The summed E-state index contributed by atoms with van der Waals surface area (Å²) in [4.78, 5) is 0. The minimum Gasteiger partial charge on any atom is -0.362 e. The van der Waals surface area contributed by atoms with Crippen molar-refractivity contribution >= 4 is 10.4 Å². The third-order valence-corrected chi connectivity index (χ3v) is 2.92. The number of fused-ring (bicyclic) bond motifs is 1. The molecule has 82 valence electrons. The summed E-state index contributed by atoms with van der Waals surface area (Å²) in [6.07, 6.45) is 4.26. The second-order valence-electron chi connectivity index (χ2n) is 3.65. The Morgan fingerprint density at radius 3 is 2.47 bits per heavy atom. The van der Waals surface area contributed by atoms with Crippen LogP contribution in [0.3, 0.4) is 0 Å². The van der Waals surface area contributed by atoms with Gasteiger partial charge >= 0.3 is 10.4 Å². The highest BCUT2D eigenvalue weighted by atomic mass is 32.3. The normalized spacial score (nSPS) is 15.8. The monoisotopic (exact) mass is 228 g/mol. The first-order valence-electron chi connectivity index (χ1n) is 4.83. The number of hydrogen-bond donors (Lipinski definition) is 1. The maximum atomic E-state index is 10.5. The van der Waals surface area contributed by atoms with E-state index in [4.69, 9.17) is 4.55 Å². The van der Waals surface area contributed by atoms with Crippen molar-refractivity contribution in [2.75, 3.05) is 0 Å². The van der Waals surface area contributed by atoms with Crippen LogP contribution < -0.4 is 4.18 Å². The van der Waals surface area contributed by atoms with Crippen molar-refractivity contribution in [1.29, 1.82) is 0 Å². The molecule has 0 spiro atoms. The Morgan fingerprint density at radius 2 is 1.80 bits per heavy atom. The van der Waals surface area contributed by atoms with E-state index in [2.05, 4.69) is 4.18 Å². The van der Waals surface area contributed by atoms with E-state index in [-0.39, 0.29) is 5.75 Å². The van der Waals surface area contributed by atoms with Gasteiger partial charge in [0.05, 0.1) is 0 Å². The van der Waals surface area contributed by atoms with Gasteiger partial charge in [0.1, 0.15) is 5.75 Å². The molecule has 1 aliphatic rings. The van der Waals surface area contributed by atoms with Crippen LogP contribution in [0.15, 0.2) is 18.2 Å². The van der Waals surface area contributed by atoms with Gasteiger partial charge in [-0.3, -0.25) is 4.55 Å². The third kappa shape index (κ3) is 2.70. The number of hydrogen-bond acceptors (Lipinski definition) is 3. The molecule has 0 atom stereocenters. The van der Waals surface area contributed by atoms with Gasteiger partial charge in [0, 0.05) is 0 Å². The van der Waals surface area contributed by atoms with Crippen LogP contribution in [-0.2, 0) is 23.2 Å². The quantitative estimate of drug-likeness (QED) is 0.783. The van der Waals surface area contributed by atoms with Gasteiger partial charge in [-0.2, -0.15) is 8.42 Å². The van der Waals surface area contributed by atoms with E-state index >= 15 is 0 Å². The highest BCUT2D eigenvalue weighted by Gasteiger charge is 2.12. The first-order valence-corrected chi connectivity index (χ1v) is 6.20. The average Bonchev–Trinajstić information content (AvgIpc) is 2.15. The fourth-order valence-electron chi connectivity index (χ4n) is 1.88. The molecule has 2 rings (SSSR count). The molecule has 5 heteroatoms. The molecular weight excluding hydrogens is 216 g/mol. The molecule has 0 aliphatic heterocycles. The van der Waals surface area contributed by atoms with Gasteiger partial charge in [-0.25, -0.2) is 0 Å². The van der Waals surface area contributed by atoms with Crippen molar-refractivity contribution < 1.29 is 17.2 Å². The lowest BCUT2D eigenvalue weighted by Gasteiger charge is -2.15. The maximum absolute atomic E-state index is 10.5. The standard InChI is InChI=1S/C10H12O4S/c11-15(12,13)14-10-6-5-8-3-1-2-4-9(8)7-10/h5-7H,1-4H2,(H,11,12,13). The molecule has 0 amide bonds. The molecule has 4 nitrogen and oxygen atoms in total. The predicted octanol–water partition coefficient (Wildman–Crippen LogP) is 1.75. The molecule has 0 unspecified atom stereocenters. The molecule has 0 bridgehead atoms. The first-order chi connectivity index (χ1) is 7.04. The average molecular weight is 228 g/mol. The SMILES string of the molecule is O=S(=O)(O)Oc1ccc2c(c1)CCCC2. The summed E-state index contributed by atoms with van der Waals surface area (Å²) in [5.41, 5.74) is 2.35. The summed E-state index contributed by atoms with van der Waals surface area (Å²) >= 11 is 0. The highest BCUT2D eigenvalue weighted by Crippen LogP contribution is 2.25. The number of benzene rings is 1. The molecule has 0 heterocycles. The van der Waals surface area contributed by atoms with Gasteiger partial charge < -0.3 is 4.18 Å². The van der Waals surface area contributed by atoms with E-state index in [9.17, 15) is 8.42 Å². The van der Waals surface area contributed by atoms with Gasteiger partial charge in [-0.15, -0.1) is 0 Å². The number of rotatable bonds is 2. The molecule has 1 aromatic rings. The Hall–Kier alpha value is -1.07. The molecule has 15 heavy (non-hydrogen) atoms. The Kier molecular flexibility index (Phi) is 2.67.